The summed E-state index contributed by atoms with van der Waals surface area (Å²) in [4.78, 5) is 13.8. The predicted molar refractivity (Wildman–Crippen MR) is 108 cm³/mol. The highest BCUT2D eigenvalue weighted by Gasteiger charge is 2.18. The number of benzene rings is 2. The van der Waals surface area contributed by atoms with Gasteiger partial charge in [-0.05, 0) is 42.3 Å². The van der Waals surface area contributed by atoms with E-state index in [-0.39, 0.29) is 0 Å². The maximum Gasteiger partial charge on any atom is 0.139 e. The average Bonchev–Trinajstić information content (AvgIpc) is 2.88. The predicted octanol–water partition coefficient (Wildman–Crippen LogP) is 4.65. The van der Waals surface area contributed by atoms with Crippen LogP contribution < -0.4 is 4.90 Å². The minimum Gasteiger partial charge on any atom is -0.355 e. The van der Waals surface area contributed by atoms with Crippen LogP contribution in [0.5, 0.6) is 0 Å². The summed E-state index contributed by atoms with van der Waals surface area (Å²) < 4.78 is 0. The molecule has 0 aliphatic carbocycles. The summed E-state index contributed by atoms with van der Waals surface area (Å²) in [5.74, 6) is 1.00. The van der Waals surface area contributed by atoms with Gasteiger partial charge in [-0.2, -0.15) is 0 Å². The van der Waals surface area contributed by atoms with Gasteiger partial charge in [0.25, 0.3) is 0 Å². The van der Waals surface area contributed by atoms with Crippen LogP contribution >= 0.6 is 23.2 Å². The third kappa shape index (κ3) is 3.93. The van der Waals surface area contributed by atoms with Crippen LogP contribution in [-0.2, 0) is 6.54 Å². The topological polar surface area (TPSA) is 32.3 Å². The third-order valence-corrected chi connectivity index (χ3v) is 5.27. The van der Waals surface area contributed by atoms with Gasteiger partial charge in [0.1, 0.15) is 12.1 Å². The van der Waals surface area contributed by atoms with E-state index in [0.29, 0.717) is 5.02 Å². The molecule has 1 aliphatic rings. The second kappa shape index (κ2) is 7.78. The number of nitrogens with zero attached hydrogens (tertiary/aromatic N) is 4. The highest BCUT2D eigenvalue weighted by molar-refractivity contribution is 6.31. The Morgan fingerprint density at radius 3 is 2.50 bits per heavy atom. The molecule has 1 aromatic heterocycles. The van der Waals surface area contributed by atoms with Crippen molar-refractivity contribution in [2.45, 2.75) is 13.0 Å². The van der Waals surface area contributed by atoms with Crippen LogP contribution in [0.3, 0.4) is 0 Å². The van der Waals surface area contributed by atoms with E-state index in [4.69, 9.17) is 23.2 Å². The molecule has 0 bridgehead atoms. The molecule has 1 fully saturated rings. The van der Waals surface area contributed by atoms with Crippen molar-refractivity contribution in [3.05, 3.63) is 64.4 Å². The quantitative estimate of drug-likeness (QED) is 0.655. The number of halogens is 2. The second-order valence-electron chi connectivity index (χ2n) is 6.60. The molecule has 6 heteroatoms. The molecule has 3 aromatic rings. The smallest absolute Gasteiger partial charge is 0.139 e. The molecule has 0 saturated carbocycles. The second-order valence-corrected chi connectivity index (χ2v) is 7.47. The standard InChI is InChI=1S/C20H20Cl2N4/c21-16-4-2-15(3-5-16)13-25-8-1-9-26(11-10-25)20-18-7-6-17(22)12-19(18)23-14-24-20/h2-7,12,14H,1,8-11,13H2. The molecular weight excluding hydrogens is 367 g/mol. The monoisotopic (exact) mass is 386 g/mol. The van der Waals surface area contributed by atoms with Gasteiger partial charge in [-0.25, -0.2) is 9.97 Å². The van der Waals surface area contributed by atoms with Gasteiger partial charge in [-0.1, -0.05) is 35.3 Å². The Hall–Kier alpha value is -1.88. The van der Waals surface area contributed by atoms with E-state index in [0.717, 1.165) is 60.9 Å². The molecule has 1 saturated heterocycles. The fourth-order valence-electron chi connectivity index (χ4n) is 3.46. The van der Waals surface area contributed by atoms with Crippen molar-refractivity contribution >= 4 is 39.9 Å². The van der Waals surface area contributed by atoms with E-state index in [1.807, 2.05) is 30.3 Å². The van der Waals surface area contributed by atoms with E-state index in [1.165, 1.54) is 5.56 Å². The molecule has 2 heterocycles. The zero-order valence-corrected chi connectivity index (χ0v) is 15.9. The van der Waals surface area contributed by atoms with Crippen LogP contribution in [-0.4, -0.2) is 41.0 Å². The van der Waals surface area contributed by atoms with Gasteiger partial charge < -0.3 is 4.90 Å². The first-order valence-electron chi connectivity index (χ1n) is 8.81. The molecular formula is C20H20Cl2N4. The van der Waals surface area contributed by atoms with E-state index in [9.17, 15) is 0 Å². The number of hydrogen-bond acceptors (Lipinski definition) is 4. The maximum atomic E-state index is 6.10. The van der Waals surface area contributed by atoms with Crippen LogP contribution in [0.2, 0.25) is 10.0 Å². The molecule has 0 spiro atoms. The summed E-state index contributed by atoms with van der Waals surface area (Å²) in [6.45, 7) is 4.97. The minimum atomic E-state index is 0.701. The van der Waals surface area contributed by atoms with Crippen molar-refractivity contribution in [2.24, 2.45) is 0 Å². The van der Waals surface area contributed by atoms with E-state index >= 15 is 0 Å². The number of anilines is 1. The van der Waals surface area contributed by atoms with Crippen molar-refractivity contribution in [3.8, 4) is 0 Å². The van der Waals surface area contributed by atoms with Crippen molar-refractivity contribution in [1.29, 1.82) is 0 Å². The molecule has 0 amide bonds. The van der Waals surface area contributed by atoms with Crippen LogP contribution in [0.4, 0.5) is 5.82 Å². The lowest BCUT2D eigenvalue weighted by atomic mass is 10.2. The summed E-state index contributed by atoms with van der Waals surface area (Å²) in [5.41, 5.74) is 2.19. The normalized spacial score (nSPS) is 16.0. The van der Waals surface area contributed by atoms with Crippen LogP contribution in [0.1, 0.15) is 12.0 Å². The fraction of sp³-hybridized carbons (Fsp3) is 0.300. The Balaban J connectivity index is 1.49. The van der Waals surface area contributed by atoms with Gasteiger partial charge in [0.15, 0.2) is 0 Å². The maximum absolute atomic E-state index is 6.10. The van der Waals surface area contributed by atoms with Gasteiger partial charge in [0, 0.05) is 48.2 Å². The SMILES string of the molecule is Clc1ccc(CN2CCCN(c3ncnc4cc(Cl)ccc34)CC2)cc1. The fourth-order valence-corrected chi connectivity index (χ4v) is 3.75. The first-order valence-corrected chi connectivity index (χ1v) is 9.57. The first-order chi connectivity index (χ1) is 12.7. The number of rotatable bonds is 3. The molecule has 2 aromatic carbocycles. The number of aromatic nitrogens is 2. The van der Waals surface area contributed by atoms with E-state index in [1.54, 1.807) is 6.33 Å². The van der Waals surface area contributed by atoms with Crippen LogP contribution in [0, 0.1) is 0 Å². The average molecular weight is 387 g/mol. The van der Waals surface area contributed by atoms with Crippen molar-refractivity contribution in [1.82, 2.24) is 14.9 Å². The van der Waals surface area contributed by atoms with Gasteiger partial charge in [-0.15, -0.1) is 0 Å². The Morgan fingerprint density at radius 1 is 0.846 bits per heavy atom. The van der Waals surface area contributed by atoms with Crippen LogP contribution in [0.15, 0.2) is 48.8 Å². The third-order valence-electron chi connectivity index (χ3n) is 4.79. The molecule has 1 aliphatic heterocycles. The highest BCUT2D eigenvalue weighted by atomic mass is 35.5. The van der Waals surface area contributed by atoms with Gasteiger partial charge >= 0.3 is 0 Å². The summed E-state index contributed by atoms with van der Waals surface area (Å²) in [5, 5.41) is 2.54. The van der Waals surface area contributed by atoms with Gasteiger partial charge in [0.05, 0.1) is 5.52 Å². The Labute approximate surface area is 163 Å². The molecule has 0 N–H and O–H groups in total. The zero-order chi connectivity index (χ0) is 17.9. The number of hydrogen-bond donors (Lipinski definition) is 0. The first kappa shape index (κ1) is 17.5. The molecule has 0 unspecified atom stereocenters. The molecule has 4 rings (SSSR count). The van der Waals surface area contributed by atoms with Crippen LogP contribution in [0.25, 0.3) is 10.9 Å². The Kier molecular flexibility index (Phi) is 5.25. The largest absolute Gasteiger partial charge is 0.355 e. The molecule has 26 heavy (non-hydrogen) atoms. The summed E-state index contributed by atoms with van der Waals surface area (Å²) in [6, 6.07) is 13.9. The lowest BCUT2D eigenvalue weighted by Gasteiger charge is -2.23. The van der Waals surface area contributed by atoms with E-state index in [2.05, 4.69) is 31.9 Å². The van der Waals surface area contributed by atoms with Gasteiger partial charge in [0.2, 0.25) is 0 Å². The summed E-state index contributed by atoms with van der Waals surface area (Å²) in [7, 11) is 0. The minimum absolute atomic E-state index is 0.701. The molecule has 134 valence electrons. The van der Waals surface area contributed by atoms with Crippen molar-refractivity contribution < 1.29 is 0 Å². The summed E-state index contributed by atoms with van der Waals surface area (Å²) >= 11 is 12.1. The van der Waals surface area contributed by atoms with Crippen molar-refractivity contribution in [3.63, 3.8) is 0 Å². The van der Waals surface area contributed by atoms with Gasteiger partial charge in [-0.3, -0.25) is 4.90 Å². The van der Waals surface area contributed by atoms with Crippen molar-refractivity contribution in [2.75, 3.05) is 31.1 Å². The summed E-state index contributed by atoms with van der Waals surface area (Å²) in [6.07, 6.45) is 2.73. The lowest BCUT2D eigenvalue weighted by Crippen LogP contribution is -2.31. The Bertz CT molecular complexity index is 898. The number of fused-ring (bicyclic) bond motifs is 1. The zero-order valence-electron chi connectivity index (χ0n) is 14.4. The highest BCUT2D eigenvalue weighted by Crippen LogP contribution is 2.26. The molecule has 4 nitrogen and oxygen atoms in total. The molecule has 0 atom stereocenters. The lowest BCUT2D eigenvalue weighted by molar-refractivity contribution is 0.285. The van der Waals surface area contributed by atoms with E-state index < -0.39 is 0 Å². The Morgan fingerprint density at radius 2 is 1.65 bits per heavy atom. The molecule has 0 radical (unpaired) electrons.